The number of unbranched alkanes of at least 4 members (excludes halogenated alkanes) is 1. The monoisotopic (exact) mass is 523 g/mol. The molecule has 8 nitrogen and oxygen atoms in total. The van der Waals surface area contributed by atoms with Crippen LogP contribution in [-0.2, 0) is 22.4 Å². The zero-order chi connectivity index (χ0) is 27.1. The number of nitrogens with zero attached hydrogens (tertiary/aromatic N) is 2. The highest BCUT2D eigenvalue weighted by Crippen LogP contribution is 2.36. The van der Waals surface area contributed by atoms with Gasteiger partial charge in [-0.25, -0.2) is 4.98 Å². The molecule has 3 heterocycles. The minimum Gasteiger partial charge on any atom is -0.497 e. The highest BCUT2D eigenvalue weighted by molar-refractivity contribution is 5.81. The van der Waals surface area contributed by atoms with Crippen LogP contribution in [-0.4, -0.2) is 59.6 Å². The zero-order valence-electron chi connectivity index (χ0n) is 22.9. The lowest BCUT2D eigenvalue weighted by Crippen LogP contribution is -2.41. The van der Waals surface area contributed by atoms with E-state index < -0.39 is 12.0 Å². The number of piperidine rings is 1. The number of likely N-dealkylation sites (tertiary alicyclic amines) is 1. The molecule has 8 heteroatoms. The highest BCUT2D eigenvalue weighted by Gasteiger charge is 2.34. The molecule has 206 valence electrons. The third-order valence-corrected chi connectivity index (χ3v) is 7.52. The van der Waals surface area contributed by atoms with Crippen molar-refractivity contribution in [1.29, 1.82) is 0 Å². The molecular weight excluding hydrogens is 482 g/mol. The number of carbonyl (C=O) groups excluding carboxylic acids is 1. The van der Waals surface area contributed by atoms with Crippen molar-refractivity contribution in [3.05, 3.63) is 47.2 Å². The van der Waals surface area contributed by atoms with E-state index in [1.807, 2.05) is 18.7 Å². The minimum atomic E-state index is -0.917. The molecule has 2 aliphatic heterocycles. The molecule has 1 aromatic heterocycles. The molecule has 4 rings (SSSR count). The standard InChI is InChI=1S/C30H41N3O5/c1-20(2)38-27-19-24(37-3)12-13-25(27)28(30(35)36)33-17-14-21(15-18-33)26(34)9-5-4-8-23-11-10-22-7-6-16-31-29(22)32-23/h10-13,19-21,28H,4-9,14-18H2,1-3H3,(H,31,32)(H,35,36)/t28-/m1/s1. The third kappa shape index (κ3) is 7.04. The molecule has 2 aliphatic rings. The predicted molar refractivity (Wildman–Crippen MR) is 147 cm³/mol. The number of pyridine rings is 1. The van der Waals surface area contributed by atoms with Gasteiger partial charge in [0.15, 0.2) is 0 Å². The maximum Gasteiger partial charge on any atom is 0.325 e. The van der Waals surface area contributed by atoms with Crippen molar-refractivity contribution >= 4 is 17.6 Å². The van der Waals surface area contributed by atoms with Crippen LogP contribution in [0.4, 0.5) is 5.82 Å². The van der Waals surface area contributed by atoms with Gasteiger partial charge in [0.25, 0.3) is 0 Å². The number of carbonyl (C=O) groups is 2. The number of hydrogen-bond donors (Lipinski definition) is 2. The second-order valence-corrected chi connectivity index (χ2v) is 10.6. The summed E-state index contributed by atoms with van der Waals surface area (Å²) in [5.41, 5.74) is 2.99. The van der Waals surface area contributed by atoms with Gasteiger partial charge in [0.1, 0.15) is 29.1 Å². The van der Waals surface area contributed by atoms with E-state index in [-0.39, 0.29) is 12.0 Å². The molecule has 0 aliphatic carbocycles. The molecule has 0 unspecified atom stereocenters. The molecule has 1 fully saturated rings. The maximum atomic E-state index is 12.9. The molecule has 0 bridgehead atoms. The first-order chi connectivity index (χ1) is 18.4. The lowest BCUT2D eigenvalue weighted by molar-refractivity contribution is -0.144. The Kier molecular flexibility index (Phi) is 9.61. The number of hydrogen-bond acceptors (Lipinski definition) is 7. The van der Waals surface area contributed by atoms with Crippen LogP contribution in [0.15, 0.2) is 30.3 Å². The molecule has 1 aromatic carbocycles. The summed E-state index contributed by atoms with van der Waals surface area (Å²) in [5, 5.41) is 13.5. The van der Waals surface area contributed by atoms with Crippen molar-refractivity contribution in [1.82, 2.24) is 9.88 Å². The van der Waals surface area contributed by atoms with Gasteiger partial charge in [-0.1, -0.05) is 6.07 Å². The van der Waals surface area contributed by atoms with E-state index in [0.717, 1.165) is 50.2 Å². The molecule has 0 amide bonds. The number of methoxy groups -OCH3 is 1. The summed E-state index contributed by atoms with van der Waals surface area (Å²) in [4.78, 5) is 32.0. The van der Waals surface area contributed by atoms with Crippen LogP contribution in [0.5, 0.6) is 11.5 Å². The predicted octanol–water partition coefficient (Wildman–Crippen LogP) is 5.06. The van der Waals surface area contributed by atoms with E-state index >= 15 is 0 Å². The number of fused-ring (bicyclic) bond motifs is 1. The van der Waals surface area contributed by atoms with Gasteiger partial charge >= 0.3 is 5.97 Å². The lowest BCUT2D eigenvalue weighted by Gasteiger charge is -2.36. The number of aliphatic carboxylic acids is 1. The Morgan fingerprint density at radius 3 is 2.66 bits per heavy atom. The first-order valence-corrected chi connectivity index (χ1v) is 13.9. The number of nitrogens with one attached hydrogen (secondary N) is 1. The van der Waals surface area contributed by atoms with Crippen molar-refractivity contribution in [2.75, 3.05) is 32.1 Å². The van der Waals surface area contributed by atoms with Crippen LogP contribution in [0.25, 0.3) is 0 Å². The van der Waals surface area contributed by atoms with Gasteiger partial charge in [-0.15, -0.1) is 0 Å². The number of Topliss-reactive ketones (excluding diaryl/α,β-unsaturated/α-hetero) is 1. The molecule has 2 N–H and O–H groups in total. The largest absolute Gasteiger partial charge is 0.497 e. The first-order valence-electron chi connectivity index (χ1n) is 13.9. The number of ether oxygens (including phenoxy) is 2. The second kappa shape index (κ2) is 13.1. The fraction of sp³-hybridized carbons (Fsp3) is 0.567. The Morgan fingerprint density at radius 1 is 1.16 bits per heavy atom. The number of aryl methyl sites for hydroxylation is 2. The maximum absolute atomic E-state index is 12.9. The number of anilines is 1. The number of rotatable bonds is 12. The van der Waals surface area contributed by atoms with Gasteiger partial charge in [0.2, 0.25) is 0 Å². The lowest BCUT2D eigenvalue weighted by atomic mass is 9.88. The van der Waals surface area contributed by atoms with Gasteiger partial charge in [-0.3, -0.25) is 14.5 Å². The van der Waals surface area contributed by atoms with E-state index in [2.05, 4.69) is 17.4 Å². The second-order valence-electron chi connectivity index (χ2n) is 10.6. The fourth-order valence-electron chi connectivity index (χ4n) is 5.51. The van der Waals surface area contributed by atoms with E-state index in [1.165, 1.54) is 5.56 Å². The van der Waals surface area contributed by atoms with Crippen molar-refractivity contribution in [3.8, 4) is 11.5 Å². The first kappa shape index (κ1) is 27.9. The minimum absolute atomic E-state index is 0.00554. The Morgan fingerprint density at radius 2 is 1.95 bits per heavy atom. The fourth-order valence-corrected chi connectivity index (χ4v) is 5.51. The van der Waals surface area contributed by atoms with Gasteiger partial charge in [0, 0.05) is 36.2 Å². The Balaban J connectivity index is 1.28. The topological polar surface area (TPSA) is 101 Å². The van der Waals surface area contributed by atoms with Gasteiger partial charge in [-0.2, -0.15) is 0 Å². The smallest absolute Gasteiger partial charge is 0.325 e. The molecule has 0 spiro atoms. The normalized spacial score (nSPS) is 16.9. The molecule has 0 saturated carbocycles. The average Bonchev–Trinajstić information content (AvgIpc) is 2.91. The Bertz CT molecular complexity index is 1110. The van der Waals surface area contributed by atoms with Crippen molar-refractivity contribution < 1.29 is 24.2 Å². The van der Waals surface area contributed by atoms with E-state index in [4.69, 9.17) is 14.5 Å². The van der Waals surface area contributed by atoms with Gasteiger partial charge in [0.05, 0.1) is 13.2 Å². The van der Waals surface area contributed by atoms with Crippen LogP contribution in [0.2, 0.25) is 0 Å². The summed E-state index contributed by atoms with van der Waals surface area (Å²) < 4.78 is 11.3. The summed E-state index contributed by atoms with van der Waals surface area (Å²) in [6.45, 7) is 5.93. The average molecular weight is 524 g/mol. The summed E-state index contributed by atoms with van der Waals surface area (Å²) in [6.07, 6.45) is 6.74. The molecule has 1 atom stereocenters. The number of benzene rings is 1. The molecule has 38 heavy (non-hydrogen) atoms. The number of aromatic nitrogens is 1. The summed E-state index contributed by atoms with van der Waals surface area (Å²) in [5.74, 6) is 1.54. The third-order valence-electron chi connectivity index (χ3n) is 7.52. The van der Waals surface area contributed by atoms with Crippen molar-refractivity contribution in [3.63, 3.8) is 0 Å². The summed E-state index contributed by atoms with van der Waals surface area (Å²) >= 11 is 0. The SMILES string of the molecule is COc1ccc([C@H](C(=O)O)N2CCC(C(=O)CCCCc3ccc4c(n3)NCCC4)CC2)c(OC(C)C)c1. The van der Waals surface area contributed by atoms with Gasteiger partial charge < -0.3 is 19.9 Å². The quantitative estimate of drug-likeness (QED) is 0.373. The van der Waals surface area contributed by atoms with Crippen LogP contribution in [0, 0.1) is 5.92 Å². The number of carboxylic acid groups (broad SMARTS) is 1. The van der Waals surface area contributed by atoms with Gasteiger partial charge in [-0.05, 0) is 95.6 Å². The summed E-state index contributed by atoms with van der Waals surface area (Å²) in [7, 11) is 1.58. The van der Waals surface area contributed by atoms with Crippen molar-refractivity contribution in [2.24, 2.45) is 5.92 Å². The van der Waals surface area contributed by atoms with Crippen LogP contribution in [0.3, 0.4) is 0 Å². The van der Waals surface area contributed by atoms with E-state index in [1.54, 1.807) is 25.3 Å². The van der Waals surface area contributed by atoms with E-state index in [9.17, 15) is 14.7 Å². The van der Waals surface area contributed by atoms with E-state index in [0.29, 0.717) is 55.2 Å². The molecule has 0 radical (unpaired) electrons. The molecule has 2 aromatic rings. The van der Waals surface area contributed by atoms with Crippen LogP contribution >= 0.6 is 0 Å². The number of carboxylic acids is 1. The zero-order valence-corrected chi connectivity index (χ0v) is 22.9. The number of ketones is 1. The van der Waals surface area contributed by atoms with Crippen LogP contribution < -0.4 is 14.8 Å². The summed E-state index contributed by atoms with van der Waals surface area (Å²) in [6, 6.07) is 8.76. The molecular formula is C30H41N3O5. The molecule has 1 saturated heterocycles. The van der Waals surface area contributed by atoms with Crippen LogP contribution in [0.1, 0.15) is 75.2 Å². The Labute approximate surface area is 225 Å². The highest BCUT2D eigenvalue weighted by atomic mass is 16.5. The Hall–Kier alpha value is -3.13. The van der Waals surface area contributed by atoms with Crippen molar-refractivity contribution in [2.45, 2.75) is 77.4 Å².